The van der Waals surface area contributed by atoms with Gasteiger partial charge in [0.2, 0.25) is 0 Å². The summed E-state index contributed by atoms with van der Waals surface area (Å²) in [6, 6.07) is 24.0. The fraction of sp³-hybridized carbons (Fsp3) is 0.207. The third kappa shape index (κ3) is 4.46. The number of nitrogens with two attached hydrogens (primary N) is 1. The van der Waals surface area contributed by atoms with Crippen molar-refractivity contribution in [1.29, 1.82) is 0 Å². The summed E-state index contributed by atoms with van der Waals surface area (Å²) in [7, 11) is 0. The number of hydrogen-bond acceptors (Lipinski definition) is 6. The van der Waals surface area contributed by atoms with Crippen molar-refractivity contribution in [1.82, 2.24) is 24.0 Å². The molecule has 2 aromatic heterocycles. The first kappa shape index (κ1) is 23.3. The molecule has 0 aliphatic carbocycles. The van der Waals surface area contributed by atoms with Gasteiger partial charge in [-0.25, -0.2) is 9.97 Å². The molecule has 1 atom stereocenters. The fourth-order valence-electron chi connectivity index (χ4n) is 5.06. The van der Waals surface area contributed by atoms with E-state index in [1.54, 1.807) is 15.5 Å². The lowest BCUT2D eigenvalue weighted by Gasteiger charge is -2.18. The van der Waals surface area contributed by atoms with Crippen LogP contribution in [0.15, 0.2) is 90.2 Å². The van der Waals surface area contributed by atoms with Crippen LogP contribution >= 0.6 is 0 Å². The van der Waals surface area contributed by atoms with E-state index in [9.17, 15) is 9.90 Å². The van der Waals surface area contributed by atoms with Crippen molar-refractivity contribution in [3.63, 3.8) is 0 Å². The maximum absolute atomic E-state index is 13.6. The van der Waals surface area contributed by atoms with Gasteiger partial charge in [-0.3, -0.25) is 18.8 Å². The summed E-state index contributed by atoms with van der Waals surface area (Å²) in [5, 5.41) is 9.90. The number of imidazole rings is 1. The molecule has 1 fully saturated rings. The molecule has 0 unspecified atom stereocenters. The molecule has 1 aliphatic rings. The molecule has 0 radical (unpaired) electrons. The van der Waals surface area contributed by atoms with E-state index < -0.39 is 0 Å². The summed E-state index contributed by atoms with van der Waals surface area (Å²) in [6.45, 7) is 2.82. The predicted octanol–water partition coefficient (Wildman–Crippen LogP) is 3.26. The highest BCUT2D eigenvalue weighted by molar-refractivity contribution is 5.73. The summed E-state index contributed by atoms with van der Waals surface area (Å²) < 4.78 is 3.31. The molecule has 3 heterocycles. The van der Waals surface area contributed by atoms with Gasteiger partial charge >= 0.3 is 0 Å². The standard InChI is InChI=1S/C29H28N6O2/c30-15-20-4-3-6-24(14-20)34-18-31-28-27(34)29(37)35(19-32-28)23-10-8-21(9-11-23)26-7-2-1-5-22(26)16-33-13-12-25(36)17-33/h1-11,14,18-19,25,36H,12-13,15-17,30H2/t25-/m0/s1. The van der Waals surface area contributed by atoms with Crippen molar-refractivity contribution in [2.45, 2.75) is 25.6 Å². The van der Waals surface area contributed by atoms with Crippen molar-refractivity contribution in [2.24, 2.45) is 5.73 Å². The zero-order valence-corrected chi connectivity index (χ0v) is 20.4. The highest BCUT2D eigenvalue weighted by Crippen LogP contribution is 2.27. The topological polar surface area (TPSA) is 102 Å². The van der Waals surface area contributed by atoms with Crippen LogP contribution in [-0.2, 0) is 13.1 Å². The molecule has 3 N–H and O–H groups in total. The molecule has 1 aliphatic heterocycles. The van der Waals surface area contributed by atoms with Gasteiger partial charge in [0.25, 0.3) is 5.56 Å². The maximum atomic E-state index is 13.6. The first-order chi connectivity index (χ1) is 18.1. The second-order valence-corrected chi connectivity index (χ2v) is 9.46. The summed E-state index contributed by atoms with van der Waals surface area (Å²) in [5.41, 5.74) is 12.4. The van der Waals surface area contributed by atoms with Gasteiger partial charge in [-0.15, -0.1) is 0 Å². The van der Waals surface area contributed by atoms with Crippen LogP contribution in [0.2, 0.25) is 0 Å². The van der Waals surface area contributed by atoms with E-state index in [0.717, 1.165) is 47.6 Å². The monoisotopic (exact) mass is 492 g/mol. The number of aromatic nitrogens is 4. The fourth-order valence-corrected chi connectivity index (χ4v) is 5.06. The van der Waals surface area contributed by atoms with Crippen molar-refractivity contribution < 1.29 is 5.11 Å². The molecule has 0 amide bonds. The molecule has 186 valence electrons. The van der Waals surface area contributed by atoms with Gasteiger partial charge in [0.15, 0.2) is 11.2 Å². The molecule has 37 heavy (non-hydrogen) atoms. The van der Waals surface area contributed by atoms with Crippen molar-refractivity contribution >= 4 is 11.2 Å². The first-order valence-corrected chi connectivity index (χ1v) is 12.4. The summed E-state index contributed by atoms with van der Waals surface area (Å²) >= 11 is 0. The van der Waals surface area contributed by atoms with Crippen molar-refractivity contribution in [2.75, 3.05) is 13.1 Å². The Kier molecular flexibility index (Phi) is 6.13. The number of likely N-dealkylation sites (tertiary alicyclic amines) is 1. The Morgan fingerprint density at radius 2 is 1.70 bits per heavy atom. The van der Waals surface area contributed by atoms with Crippen LogP contribution in [0.3, 0.4) is 0 Å². The van der Waals surface area contributed by atoms with E-state index in [4.69, 9.17) is 5.73 Å². The molecule has 0 bridgehead atoms. The minimum Gasteiger partial charge on any atom is -0.392 e. The predicted molar refractivity (Wildman–Crippen MR) is 144 cm³/mol. The Morgan fingerprint density at radius 1 is 0.919 bits per heavy atom. The lowest BCUT2D eigenvalue weighted by molar-refractivity contribution is 0.175. The van der Waals surface area contributed by atoms with Gasteiger partial charge in [0, 0.05) is 31.9 Å². The second kappa shape index (κ2) is 9.74. The van der Waals surface area contributed by atoms with Crippen molar-refractivity contribution in [3.8, 4) is 22.5 Å². The Labute approximate surface area is 214 Å². The number of aliphatic hydroxyl groups excluding tert-OH is 1. The SMILES string of the molecule is NCc1cccc(-n2cnc3ncn(-c4ccc(-c5ccccc5CN5CC[C@H](O)C5)cc4)c(=O)c32)c1. The molecule has 8 nitrogen and oxygen atoms in total. The van der Waals surface area contributed by atoms with E-state index in [2.05, 4.69) is 27.0 Å². The van der Waals surface area contributed by atoms with Crippen LogP contribution in [0.5, 0.6) is 0 Å². The smallest absolute Gasteiger partial charge is 0.284 e. The Hall–Kier alpha value is -4.11. The number of hydrogen-bond donors (Lipinski definition) is 2. The summed E-state index contributed by atoms with van der Waals surface area (Å²) in [6.07, 6.45) is 3.73. The molecule has 6 rings (SSSR count). The molecule has 8 heteroatoms. The average Bonchev–Trinajstić information content (AvgIpc) is 3.56. The number of aliphatic hydroxyl groups is 1. The van der Waals surface area contributed by atoms with Gasteiger partial charge in [0.05, 0.1) is 11.8 Å². The lowest BCUT2D eigenvalue weighted by atomic mass is 9.99. The van der Waals surface area contributed by atoms with Crippen LogP contribution in [0.25, 0.3) is 33.7 Å². The summed E-state index contributed by atoms with van der Waals surface area (Å²) in [4.78, 5) is 24.7. The highest BCUT2D eigenvalue weighted by atomic mass is 16.3. The van der Waals surface area contributed by atoms with E-state index in [0.29, 0.717) is 24.3 Å². The van der Waals surface area contributed by atoms with E-state index in [1.165, 1.54) is 11.9 Å². The van der Waals surface area contributed by atoms with Gasteiger partial charge < -0.3 is 10.8 Å². The first-order valence-electron chi connectivity index (χ1n) is 12.4. The molecule has 0 spiro atoms. The average molecular weight is 493 g/mol. The van der Waals surface area contributed by atoms with Gasteiger partial charge in [-0.05, 0) is 52.9 Å². The molecular formula is C29H28N6O2. The molecule has 1 saturated heterocycles. The van der Waals surface area contributed by atoms with Crippen LogP contribution in [0, 0.1) is 0 Å². The third-order valence-electron chi connectivity index (χ3n) is 7.00. The van der Waals surface area contributed by atoms with Crippen LogP contribution in [0.4, 0.5) is 0 Å². The number of rotatable bonds is 6. The molecule has 5 aromatic rings. The second-order valence-electron chi connectivity index (χ2n) is 9.46. The molecular weight excluding hydrogens is 464 g/mol. The Morgan fingerprint density at radius 3 is 2.46 bits per heavy atom. The number of benzene rings is 3. The largest absolute Gasteiger partial charge is 0.392 e. The minimum absolute atomic E-state index is 0.193. The van der Waals surface area contributed by atoms with Gasteiger partial charge in [0.1, 0.15) is 12.7 Å². The van der Waals surface area contributed by atoms with Crippen LogP contribution in [-0.4, -0.2) is 48.3 Å². The number of nitrogens with zero attached hydrogens (tertiary/aromatic N) is 5. The maximum Gasteiger partial charge on any atom is 0.284 e. The Balaban J connectivity index is 1.34. The number of β-amino-alcohol motifs (C(OH)–C–C–N with tert-alkyl or cyclic N) is 1. The minimum atomic E-state index is -0.239. The van der Waals surface area contributed by atoms with Crippen LogP contribution < -0.4 is 11.3 Å². The quantitative estimate of drug-likeness (QED) is 0.377. The normalized spacial score (nSPS) is 16.0. The Bertz CT molecular complexity index is 1620. The van der Waals surface area contributed by atoms with Crippen LogP contribution in [0.1, 0.15) is 17.5 Å². The van der Waals surface area contributed by atoms with Gasteiger partial charge in [-0.1, -0.05) is 48.5 Å². The number of fused-ring (bicyclic) bond motifs is 1. The van der Waals surface area contributed by atoms with Gasteiger partial charge in [-0.2, -0.15) is 0 Å². The summed E-state index contributed by atoms with van der Waals surface area (Å²) in [5.74, 6) is 0. The van der Waals surface area contributed by atoms with E-state index in [1.807, 2.05) is 60.7 Å². The molecule has 3 aromatic carbocycles. The zero-order chi connectivity index (χ0) is 25.4. The molecule has 0 saturated carbocycles. The third-order valence-corrected chi connectivity index (χ3v) is 7.00. The lowest BCUT2D eigenvalue weighted by Crippen LogP contribution is -2.21. The van der Waals surface area contributed by atoms with Crippen molar-refractivity contribution in [3.05, 3.63) is 107 Å². The highest BCUT2D eigenvalue weighted by Gasteiger charge is 2.21. The van der Waals surface area contributed by atoms with E-state index >= 15 is 0 Å². The van der Waals surface area contributed by atoms with E-state index in [-0.39, 0.29) is 11.7 Å². The zero-order valence-electron chi connectivity index (χ0n) is 20.4.